The van der Waals surface area contributed by atoms with Crippen LogP contribution in [0.2, 0.25) is 0 Å². The summed E-state index contributed by atoms with van der Waals surface area (Å²) >= 11 is 1.29. The lowest BCUT2D eigenvalue weighted by Gasteiger charge is -2.07. The molecule has 146 valence electrons. The van der Waals surface area contributed by atoms with Crippen molar-refractivity contribution in [3.8, 4) is 0 Å². The zero-order valence-corrected chi connectivity index (χ0v) is 16.4. The smallest absolute Gasteiger partial charge is 0.305 e. The van der Waals surface area contributed by atoms with Gasteiger partial charge in [-0.3, -0.25) is 19.4 Å². The fourth-order valence-corrected chi connectivity index (χ4v) is 3.47. The number of aliphatic imine (C=N–C) groups is 1. The molecule has 1 heterocycles. The molecule has 1 aromatic rings. The maximum Gasteiger partial charge on any atom is 0.305 e. The number of carbonyl (C=O) groups excluding carboxylic acids is 3. The molecular weight excluding hydrogens is 366 g/mol. The van der Waals surface area contributed by atoms with Crippen molar-refractivity contribution >= 4 is 40.4 Å². The van der Waals surface area contributed by atoms with E-state index < -0.39 is 5.25 Å². The lowest BCUT2D eigenvalue weighted by molar-refractivity contribution is -0.140. The second-order valence-electron chi connectivity index (χ2n) is 6.29. The molecule has 1 aromatic carbocycles. The highest BCUT2D eigenvalue weighted by molar-refractivity contribution is 8.15. The minimum Gasteiger partial charge on any atom is -0.469 e. The first-order chi connectivity index (χ1) is 13.0. The number of esters is 1. The Kier molecular flexibility index (Phi) is 8.32. The van der Waals surface area contributed by atoms with Crippen molar-refractivity contribution in [3.05, 3.63) is 29.8 Å². The van der Waals surface area contributed by atoms with Gasteiger partial charge in [0.25, 0.3) is 0 Å². The monoisotopic (exact) mass is 391 g/mol. The molecule has 0 unspecified atom stereocenters. The van der Waals surface area contributed by atoms with Gasteiger partial charge < -0.3 is 15.4 Å². The van der Waals surface area contributed by atoms with E-state index in [4.69, 9.17) is 0 Å². The Morgan fingerprint density at radius 2 is 1.96 bits per heavy atom. The number of ether oxygens (including phenoxy) is 1. The number of anilines is 1. The van der Waals surface area contributed by atoms with Crippen molar-refractivity contribution in [1.29, 1.82) is 0 Å². The summed E-state index contributed by atoms with van der Waals surface area (Å²) in [5.74, 6) is -0.592. The van der Waals surface area contributed by atoms with E-state index in [0.717, 1.165) is 30.5 Å². The van der Waals surface area contributed by atoms with E-state index >= 15 is 0 Å². The zero-order chi connectivity index (χ0) is 19.6. The van der Waals surface area contributed by atoms with Crippen LogP contribution in [-0.4, -0.2) is 41.9 Å². The second kappa shape index (κ2) is 10.7. The molecule has 1 saturated heterocycles. The molecule has 0 spiro atoms. The Morgan fingerprint density at radius 1 is 1.22 bits per heavy atom. The number of carbonyl (C=O) groups is 3. The number of nitrogens with one attached hydrogen (secondary N) is 2. The third kappa shape index (κ3) is 7.42. The van der Waals surface area contributed by atoms with Gasteiger partial charge in [0, 0.05) is 25.1 Å². The quantitative estimate of drug-likeness (QED) is 0.498. The molecule has 2 N–H and O–H groups in total. The number of hydrogen-bond acceptors (Lipinski definition) is 6. The zero-order valence-electron chi connectivity index (χ0n) is 15.6. The van der Waals surface area contributed by atoms with E-state index in [1.165, 1.54) is 18.9 Å². The van der Waals surface area contributed by atoms with Gasteiger partial charge in [-0.2, -0.15) is 0 Å². The normalized spacial score (nSPS) is 17.6. The van der Waals surface area contributed by atoms with Crippen LogP contribution in [0, 0.1) is 6.92 Å². The molecule has 2 rings (SSSR count). The van der Waals surface area contributed by atoms with Crippen molar-refractivity contribution in [2.24, 2.45) is 4.99 Å². The lowest BCUT2D eigenvalue weighted by Crippen LogP contribution is -2.28. The molecule has 1 aliphatic rings. The van der Waals surface area contributed by atoms with Crippen LogP contribution in [0.25, 0.3) is 0 Å². The van der Waals surface area contributed by atoms with E-state index in [1.54, 1.807) is 0 Å². The molecule has 7 nitrogen and oxygen atoms in total. The number of methoxy groups -OCH3 is 1. The molecule has 0 aliphatic carbocycles. The van der Waals surface area contributed by atoms with Crippen LogP contribution >= 0.6 is 11.8 Å². The summed E-state index contributed by atoms with van der Waals surface area (Å²) in [7, 11) is 1.38. The standard InChI is InChI=1S/C19H25N3O4S/c1-13-7-9-14(10-8-13)21-16(23)12-15-18(25)22-19(27-15)20-11-5-3-4-6-17(24)26-2/h7-10,15H,3-6,11-12H2,1-2H3,(H,21,23)(H,20,22,25)/t15-/m1/s1. The number of unbranched alkanes of at least 4 members (excludes halogenated alkanes) is 2. The van der Waals surface area contributed by atoms with Gasteiger partial charge in [0.15, 0.2) is 5.17 Å². The van der Waals surface area contributed by atoms with Crippen LogP contribution in [0.5, 0.6) is 0 Å². The predicted octanol–water partition coefficient (Wildman–Crippen LogP) is 2.64. The molecule has 0 bridgehead atoms. The van der Waals surface area contributed by atoms with Crippen LogP contribution in [0.3, 0.4) is 0 Å². The minimum absolute atomic E-state index is 0.0997. The van der Waals surface area contributed by atoms with Crippen LogP contribution in [0.15, 0.2) is 29.3 Å². The summed E-state index contributed by atoms with van der Waals surface area (Å²) in [6, 6.07) is 7.51. The lowest BCUT2D eigenvalue weighted by atomic mass is 10.2. The SMILES string of the molecule is COC(=O)CCCCCN=C1NC(=O)[C@@H](CC(=O)Nc2ccc(C)cc2)S1. The largest absolute Gasteiger partial charge is 0.469 e. The van der Waals surface area contributed by atoms with E-state index in [1.807, 2.05) is 31.2 Å². The fourth-order valence-electron chi connectivity index (χ4n) is 2.47. The molecule has 0 aromatic heterocycles. The molecule has 8 heteroatoms. The number of amides is 2. The Labute approximate surface area is 163 Å². The average Bonchev–Trinajstić information content (AvgIpc) is 2.99. The number of nitrogens with zero attached hydrogens (tertiary/aromatic N) is 1. The molecule has 1 fully saturated rings. The van der Waals surface area contributed by atoms with E-state index in [-0.39, 0.29) is 24.2 Å². The van der Waals surface area contributed by atoms with Gasteiger partial charge in [-0.15, -0.1) is 0 Å². The summed E-state index contributed by atoms with van der Waals surface area (Å²) in [4.78, 5) is 39.5. The molecule has 1 atom stereocenters. The minimum atomic E-state index is -0.464. The molecular formula is C19H25N3O4S. The van der Waals surface area contributed by atoms with E-state index in [0.29, 0.717) is 18.1 Å². The second-order valence-corrected chi connectivity index (χ2v) is 7.48. The summed E-state index contributed by atoms with van der Waals surface area (Å²) < 4.78 is 4.59. The summed E-state index contributed by atoms with van der Waals surface area (Å²) in [5.41, 5.74) is 1.83. The molecule has 2 amide bonds. The van der Waals surface area contributed by atoms with Crippen LogP contribution in [0.4, 0.5) is 5.69 Å². The summed E-state index contributed by atoms with van der Waals surface area (Å²) in [6.45, 7) is 2.55. The van der Waals surface area contributed by atoms with Gasteiger partial charge in [0.05, 0.1) is 7.11 Å². The number of thioether (sulfide) groups is 1. The van der Waals surface area contributed by atoms with Gasteiger partial charge in [0.2, 0.25) is 11.8 Å². The molecule has 0 saturated carbocycles. The Balaban J connectivity index is 1.70. The number of amidine groups is 1. The van der Waals surface area contributed by atoms with Crippen molar-refractivity contribution in [3.63, 3.8) is 0 Å². The number of aryl methyl sites for hydroxylation is 1. The van der Waals surface area contributed by atoms with Crippen molar-refractivity contribution in [2.45, 2.75) is 44.3 Å². The Hall–Kier alpha value is -2.35. The Morgan fingerprint density at radius 3 is 2.67 bits per heavy atom. The first-order valence-electron chi connectivity index (χ1n) is 8.93. The topological polar surface area (TPSA) is 96.9 Å². The molecule has 1 aliphatic heterocycles. The molecule has 0 radical (unpaired) electrons. The fraction of sp³-hybridized carbons (Fsp3) is 0.474. The van der Waals surface area contributed by atoms with Crippen LogP contribution in [0.1, 0.15) is 37.7 Å². The van der Waals surface area contributed by atoms with Gasteiger partial charge in [-0.25, -0.2) is 0 Å². The predicted molar refractivity (Wildman–Crippen MR) is 107 cm³/mol. The maximum atomic E-state index is 12.1. The van der Waals surface area contributed by atoms with Crippen LogP contribution < -0.4 is 10.6 Å². The maximum absolute atomic E-state index is 12.1. The van der Waals surface area contributed by atoms with Crippen molar-refractivity contribution in [1.82, 2.24) is 5.32 Å². The third-order valence-electron chi connectivity index (χ3n) is 4.00. The van der Waals surface area contributed by atoms with Gasteiger partial charge in [-0.1, -0.05) is 35.9 Å². The summed E-state index contributed by atoms with van der Waals surface area (Å²) in [5, 5.41) is 5.61. The van der Waals surface area contributed by atoms with Gasteiger partial charge >= 0.3 is 5.97 Å². The highest BCUT2D eigenvalue weighted by atomic mass is 32.2. The van der Waals surface area contributed by atoms with Crippen molar-refractivity contribution < 1.29 is 19.1 Å². The van der Waals surface area contributed by atoms with Gasteiger partial charge in [-0.05, 0) is 31.9 Å². The molecule has 27 heavy (non-hydrogen) atoms. The van der Waals surface area contributed by atoms with Gasteiger partial charge in [0.1, 0.15) is 5.25 Å². The van der Waals surface area contributed by atoms with E-state index in [9.17, 15) is 14.4 Å². The first kappa shape index (κ1) is 21.0. The number of benzene rings is 1. The first-order valence-corrected chi connectivity index (χ1v) is 9.81. The highest BCUT2D eigenvalue weighted by Crippen LogP contribution is 2.23. The van der Waals surface area contributed by atoms with E-state index in [2.05, 4.69) is 20.4 Å². The third-order valence-corrected chi connectivity index (χ3v) is 5.12. The summed E-state index contributed by atoms with van der Waals surface area (Å²) in [6.07, 6.45) is 2.97. The van der Waals surface area contributed by atoms with Crippen molar-refractivity contribution in [2.75, 3.05) is 19.0 Å². The van der Waals surface area contributed by atoms with Crippen LogP contribution in [-0.2, 0) is 19.1 Å². The Bertz CT molecular complexity index is 703. The number of hydrogen-bond donors (Lipinski definition) is 2. The highest BCUT2D eigenvalue weighted by Gasteiger charge is 2.31. The number of rotatable bonds is 9. The average molecular weight is 391 g/mol.